The van der Waals surface area contributed by atoms with Crippen molar-refractivity contribution in [1.82, 2.24) is 14.7 Å². The first-order valence-electron chi connectivity index (χ1n) is 6.12. The number of rotatable bonds is 5. The fourth-order valence-electron chi connectivity index (χ4n) is 1.79. The molecule has 1 aliphatic heterocycles. The van der Waals surface area contributed by atoms with E-state index in [1.807, 2.05) is 11.0 Å². The van der Waals surface area contributed by atoms with Gasteiger partial charge >= 0.3 is 0 Å². The molecule has 0 unspecified atom stereocenters. The third-order valence-electron chi connectivity index (χ3n) is 3.16. The van der Waals surface area contributed by atoms with Gasteiger partial charge in [0.05, 0.1) is 19.0 Å². The van der Waals surface area contributed by atoms with Gasteiger partial charge in [-0.1, -0.05) is 0 Å². The molecule has 1 fully saturated rings. The molecule has 0 saturated carbocycles. The van der Waals surface area contributed by atoms with Gasteiger partial charge in [-0.15, -0.1) is 0 Å². The number of carbonyl (C=O) groups excluding carboxylic acids is 2. The van der Waals surface area contributed by atoms with Crippen LogP contribution < -0.4 is 0 Å². The van der Waals surface area contributed by atoms with E-state index in [4.69, 9.17) is 5.26 Å². The fraction of sp³-hybridized carbons (Fsp3) is 0.750. The molecule has 6 nitrogen and oxygen atoms in total. The number of nitrogens with zero attached hydrogens (tertiary/aromatic N) is 4. The molecule has 1 heterocycles. The molecule has 0 aromatic heterocycles. The Balaban J connectivity index is 2.26. The highest BCUT2D eigenvalue weighted by Gasteiger charge is 2.21. The molecule has 0 spiro atoms. The van der Waals surface area contributed by atoms with E-state index in [2.05, 4.69) is 0 Å². The molecular formula is C12H20N4O2. The van der Waals surface area contributed by atoms with Crippen LogP contribution in [0.1, 0.15) is 12.8 Å². The average Bonchev–Trinajstić information content (AvgIpc) is 2.36. The predicted molar refractivity (Wildman–Crippen MR) is 66.6 cm³/mol. The summed E-state index contributed by atoms with van der Waals surface area (Å²) in [5.41, 5.74) is 0. The van der Waals surface area contributed by atoms with Crippen molar-refractivity contribution < 1.29 is 9.59 Å². The third-order valence-corrected chi connectivity index (χ3v) is 3.16. The standard InChI is InChI=1S/C12H20N4O2/c1-14(6-3-5-13)11(17)4-7-16-9-8-15(2)12(18)10-16/h3-4,6-10H2,1-2H3. The van der Waals surface area contributed by atoms with Crippen LogP contribution in [0.5, 0.6) is 0 Å². The van der Waals surface area contributed by atoms with Crippen molar-refractivity contribution in [3.63, 3.8) is 0 Å². The van der Waals surface area contributed by atoms with Gasteiger partial charge in [0.1, 0.15) is 0 Å². The molecule has 100 valence electrons. The van der Waals surface area contributed by atoms with Gasteiger partial charge in [0.25, 0.3) is 0 Å². The van der Waals surface area contributed by atoms with Crippen LogP contribution in [-0.2, 0) is 9.59 Å². The lowest BCUT2D eigenvalue weighted by Crippen LogP contribution is -2.49. The van der Waals surface area contributed by atoms with E-state index in [1.165, 1.54) is 0 Å². The molecule has 0 atom stereocenters. The molecule has 18 heavy (non-hydrogen) atoms. The molecular weight excluding hydrogens is 232 g/mol. The SMILES string of the molecule is CN(CCC#N)C(=O)CCN1CCN(C)C(=O)C1. The smallest absolute Gasteiger partial charge is 0.236 e. The second-order valence-corrected chi connectivity index (χ2v) is 4.56. The summed E-state index contributed by atoms with van der Waals surface area (Å²) in [6.07, 6.45) is 0.758. The Morgan fingerprint density at radius 2 is 2.22 bits per heavy atom. The van der Waals surface area contributed by atoms with Crippen LogP contribution >= 0.6 is 0 Å². The lowest BCUT2D eigenvalue weighted by Gasteiger charge is -2.32. The Morgan fingerprint density at radius 3 is 2.83 bits per heavy atom. The first-order chi connectivity index (χ1) is 8.54. The van der Waals surface area contributed by atoms with E-state index in [0.29, 0.717) is 32.5 Å². The third kappa shape index (κ3) is 4.34. The first kappa shape index (κ1) is 14.5. The minimum absolute atomic E-state index is 0.0247. The van der Waals surface area contributed by atoms with E-state index in [9.17, 15) is 9.59 Å². The summed E-state index contributed by atoms with van der Waals surface area (Å²) < 4.78 is 0. The Labute approximate surface area is 108 Å². The van der Waals surface area contributed by atoms with E-state index < -0.39 is 0 Å². The highest BCUT2D eigenvalue weighted by atomic mass is 16.2. The minimum atomic E-state index is 0.0247. The van der Waals surface area contributed by atoms with Crippen molar-refractivity contribution in [2.24, 2.45) is 0 Å². The number of likely N-dealkylation sites (N-methyl/N-ethyl adjacent to an activating group) is 1. The Kier molecular flexibility index (Phi) is 5.59. The van der Waals surface area contributed by atoms with Crippen LogP contribution in [0.4, 0.5) is 0 Å². The highest BCUT2D eigenvalue weighted by molar-refractivity contribution is 5.79. The summed E-state index contributed by atoms with van der Waals surface area (Å²) in [6, 6.07) is 2.02. The summed E-state index contributed by atoms with van der Waals surface area (Å²) in [4.78, 5) is 28.5. The largest absolute Gasteiger partial charge is 0.345 e. The normalized spacial score (nSPS) is 16.5. The van der Waals surface area contributed by atoms with Crippen LogP contribution in [0, 0.1) is 11.3 Å². The molecule has 0 aromatic rings. The van der Waals surface area contributed by atoms with Gasteiger partial charge in [-0.05, 0) is 0 Å². The van der Waals surface area contributed by atoms with E-state index in [-0.39, 0.29) is 11.8 Å². The van der Waals surface area contributed by atoms with Crippen LogP contribution in [0.25, 0.3) is 0 Å². The predicted octanol–water partition coefficient (Wildman–Crippen LogP) is -0.477. The molecule has 0 aliphatic carbocycles. The minimum Gasteiger partial charge on any atom is -0.345 e. The van der Waals surface area contributed by atoms with Gasteiger partial charge in [-0.3, -0.25) is 14.5 Å². The molecule has 1 saturated heterocycles. The second-order valence-electron chi connectivity index (χ2n) is 4.56. The fourth-order valence-corrected chi connectivity index (χ4v) is 1.79. The maximum absolute atomic E-state index is 11.7. The number of carbonyl (C=O) groups is 2. The average molecular weight is 252 g/mol. The summed E-state index contributed by atoms with van der Waals surface area (Å²) in [7, 11) is 3.50. The van der Waals surface area contributed by atoms with Crippen molar-refractivity contribution in [2.75, 3.05) is 46.8 Å². The highest BCUT2D eigenvalue weighted by Crippen LogP contribution is 2.03. The molecule has 0 N–H and O–H groups in total. The number of amides is 2. The van der Waals surface area contributed by atoms with Gasteiger partial charge in [0, 0.05) is 46.7 Å². The van der Waals surface area contributed by atoms with Gasteiger partial charge in [-0.25, -0.2) is 0 Å². The van der Waals surface area contributed by atoms with Crippen LogP contribution in [0.15, 0.2) is 0 Å². The summed E-state index contributed by atoms with van der Waals surface area (Å²) in [5, 5.41) is 8.45. The lowest BCUT2D eigenvalue weighted by atomic mass is 10.2. The maximum atomic E-state index is 11.7. The molecule has 1 rings (SSSR count). The zero-order chi connectivity index (χ0) is 13.5. The van der Waals surface area contributed by atoms with E-state index in [0.717, 1.165) is 13.1 Å². The van der Waals surface area contributed by atoms with Gasteiger partial charge in [-0.2, -0.15) is 5.26 Å². The number of hydrogen-bond donors (Lipinski definition) is 0. The number of nitriles is 1. The quantitative estimate of drug-likeness (QED) is 0.663. The lowest BCUT2D eigenvalue weighted by molar-refractivity contribution is -0.136. The van der Waals surface area contributed by atoms with Crippen molar-refractivity contribution >= 4 is 11.8 Å². The summed E-state index contributed by atoms with van der Waals surface area (Å²) in [6.45, 7) is 3.01. The van der Waals surface area contributed by atoms with E-state index in [1.54, 1.807) is 23.9 Å². The Hall–Kier alpha value is -1.61. The molecule has 0 aromatic carbocycles. The number of piperazine rings is 1. The molecule has 2 amide bonds. The van der Waals surface area contributed by atoms with Crippen LogP contribution in [0.3, 0.4) is 0 Å². The zero-order valence-electron chi connectivity index (χ0n) is 11.1. The second kappa shape index (κ2) is 6.97. The summed E-state index contributed by atoms with van der Waals surface area (Å²) in [5.74, 6) is 0.128. The Morgan fingerprint density at radius 1 is 1.50 bits per heavy atom. The van der Waals surface area contributed by atoms with Crippen molar-refractivity contribution in [2.45, 2.75) is 12.8 Å². The zero-order valence-corrected chi connectivity index (χ0v) is 11.1. The molecule has 6 heteroatoms. The summed E-state index contributed by atoms with van der Waals surface area (Å²) >= 11 is 0. The van der Waals surface area contributed by atoms with Gasteiger partial charge in [0.15, 0.2) is 0 Å². The van der Waals surface area contributed by atoms with E-state index >= 15 is 0 Å². The molecule has 0 radical (unpaired) electrons. The first-order valence-corrected chi connectivity index (χ1v) is 6.12. The topological polar surface area (TPSA) is 67.7 Å². The molecule has 1 aliphatic rings. The monoisotopic (exact) mass is 252 g/mol. The van der Waals surface area contributed by atoms with Crippen molar-refractivity contribution in [3.8, 4) is 6.07 Å². The number of hydrogen-bond acceptors (Lipinski definition) is 4. The maximum Gasteiger partial charge on any atom is 0.236 e. The van der Waals surface area contributed by atoms with Gasteiger partial charge < -0.3 is 9.80 Å². The molecule has 0 bridgehead atoms. The van der Waals surface area contributed by atoms with Crippen LogP contribution in [0.2, 0.25) is 0 Å². The van der Waals surface area contributed by atoms with Crippen LogP contribution in [-0.4, -0.2) is 73.3 Å². The van der Waals surface area contributed by atoms with Gasteiger partial charge in [0.2, 0.25) is 11.8 Å². The van der Waals surface area contributed by atoms with Crippen molar-refractivity contribution in [1.29, 1.82) is 5.26 Å². The Bertz CT molecular complexity index is 350. The van der Waals surface area contributed by atoms with Crippen molar-refractivity contribution in [3.05, 3.63) is 0 Å².